The zero-order chi connectivity index (χ0) is 20.7. The number of nitrogens with one attached hydrogen (secondary N) is 1. The van der Waals surface area contributed by atoms with Crippen LogP contribution in [0.2, 0.25) is 0 Å². The Hall–Kier alpha value is -3.14. The molecule has 28 heavy (non-hydrogen) atoms. The zero-order valence-electron chi connectivity index (χ0n) is 15.6. The van der Waals surface area contributed by atoms with E-state index in [9.17, 15) is 19.7 Å². The largest absolute Gasteiger partial charge is 0.493 e. The molecule has 0 aliphatic carbocycles. The van der Waals surface area contributed by atoms with E-state index in [1.807, 2.05) is 17.5 Å². The number of esters is 1. The molecule has 0 spiro atoms. The molecule has 0 fully saturated rings. The number of rotatable bonds is 9. The molecule has 9 nitrogen and oxygen atoms in total. The van der Waals surface area contributed by atoms with Gasteiger partial charge in [0.2, 0.25) is 0 Å². The number of nitro benzene ring substituents is 1. The van der Waals surface area contributed by atoms with Crippen molar-refractivity contribution in [3.63, 3.8) is 0 Å². The highest BCUT2D eigenvalue weighted by Crippen LogP contribution is 2.35. The Balaban J connectivity index is 2.10. The minimum atomic E-state index is -1.01. The molecule has 1 heterocycles. The van der Waals surface area contributed by atoms with Gasteiger partial charge in [0.1, 0.15) is 5.56 Å². The number of methoxy groups -OCH3 is 1. The molecular weight excluding hydrogens is 388 g/mol. The second kappa shape index (κ2) is 9.70. The predicted molar refractivity (Wildman–Crippen MR) is 102 cm³/mol. The number of thiophene rings is 1. The fourth-order valence-electron chi connectivity index (χ4n) is 2.39. The van der Waals surface area contributed by atoms with Crippen LogP contribution in [0, 0.1) is 10.1 Å². The van der Waals surface area contributed by atoms with Gasteiger partial charge in [-0.25, -0.2) is 4.79 Å². The van der Waals surface area contributed by atoms with Gasteiger partial charge in [-0.05, 0) is 25.3 Å². The van der Waals surface area contributed by atoms with Gasteiger partial charge in [-0.3, -0.25) is 14.9 Å². The van der Waals surface area contributed by atoms with Gasteiger partial charge >= 0.3 is 5.97 Å². The van der Waals surface area contributed by atoms with E-state index >= 15 is 0 Å². The van der Waals surface area contributed by atoms with Gasteiger partial charge < -0.3 is 19.5 Å². The molecule has 150 valence electrons. The minimum absolute atomic E-state index is 0.135. The highest BCUT2D eigenvalue weighted by Gasteiger charge is 2.26. The standard InChI is InChI=1S/C18H20N2O7S/c1-4-26-15-9-13(20(23)24)12(8-14(15)25-3)18(22)27-10-17(21)19-11(2)16-6-5-7-28-16/h5-9,11H,4,10H2,1-3H3,(H,19,21)/t11-/m0/s1. The topological polar surface area (TPSA) is 117 Å². The number of hydrogen-bond acceptors (Lipinski definition) is 8. The summed E-state index contributed by atoms with van der Waals surface area (Å²) in [5.74, 6) is -1.24. The van der Waals surface area contributed by atoms with Gasteiger partial charge in [-0.2, -0.15) is 0 Å². The van der Waals surface area contributed by atoms with E-state index < -0.39 is 29.1 Å². The van der Waals surface area contributed by atoms with Gasteiger partial charge in [0.05, 0.1) is 30.7 Å². The van der Waals surface area contributed by atoms with Crippen LogP contribution in [-0.2, 0) is 9.53 Å². The van der Waals surface area contributed by atoms with Crippen molar-refractivity contribution >= 4 is 28.9 Å². The van der Waals surface area contributed by atoms with Gasteiger partial charge in [-0.15, -0.1) is 11.3 Å². The highest BCUT2D eigenvalue weighted by atomic mass is 32.1. The molecule has 1 amide bonds. The summed E-state index contributed by atoms with van der Waals surface area (Å²) in [6, 6.07) is 5.75. The molecule has 10 heteroatoms. The van der Waals surface area contributed by atoms with Crippen molar-refractivity contribution in [3.05, 3.63) is 50.2 Å². The maximum absolute atomic E-state index is 12.3. The number of carbonyl (C=O) groups is 2. The fraction of sp³-hybridized carbons (Fsp3) is 0.333. The van der Waals surface area contributed by atoms with Crippen molar-refractivity contribution in [1.29, 1.82) is 0 Å². The number of amides is 1. The summed E-state index contributed by atoms with van der Waals surface area (Å²) >= 11 is 1.49. The molecule has 0 aliphatic rings. The Morgan fingerprint density at radius 2 is 2.07 bits per heavy atom. The SMILES string of the molecule is CCOc1cc([N+](=O)[O-])c(C(=O)OCC(=O)N[C@@H](C)c2cccs2)cc1OC. The van der Waals surface area contributed by atoms with Crippen molar-refractivity contribution in [2.24, 2.45) is 0 Å². The van der Waals surface area contributed by atoms with Crippen LogP contribution >= 0.6 is 11.3 Å². The molecule has 0 aliphatic heterocycles. The Labute approximate surface area is 165 Å². The van der Waals surface area contributed by atoms with E-state index in [0.717, 1.165) is 17.0 Å². The summed E-state index contributed by atoms with van der Waals surface area (Å²) in [5.41, 5.74) is -0.828. The smallest absolute Gasteiger partial charge is 0.345 e. The number of carbonyl (C=O) groups excluding carboxylic acids is 2. The van der Waals surface area contributed by atoms with Crippen molar-refractivity contribution in [1.82, 2.24) is 5.32 Å². The van der Waals surface area contributed by atoms with Gasteiger partial charge in [0.25, 0.3) is 11.6 Å². The van der Waals surface area contributed by atoms with Crippen LogP contribution < -0.4 is 14.8 Å². The molecular formula is C18H20N2O7S. The van der Waals surface area contributed by atoms with E-state index in [1.54, 1.807) is 13.8 Å². The summed E-state index contributed by atoms with van der Waals surface area (Å²) in [6.45, 7) is 3.21. The number of benzene rings is 1. The normalized spacial score (nSPS) is 11.4. The van der Waals surface area contributed by atoms with Gasteiger partial charge in [-0.1, -0.05) is 6.07 Å². The van der Waals surface area contributed by atoms with Crippen molar-refractivity contribution in [2.45, 2.75) is 19.9 Å². The molecule has 0 saturated heterocycles. The molecule has 1 aromatic heterocycles. The first kappa shape index (κ1) is 21.2. The van der Waals surface area contributed by atoms with Crippen LogP contribution in [0.15, 0.2) is 29.6 Å². The summed E-state index contributed by atoms with van der Waals surface area (Å²) in [5, 5.41) is 15.9. The van der Waals surface area contributed by atoms with E-state index in [4.69, 9.17) is 14.2 Å². The van der Waals surface area contributed by atoms with Crippen LogP contribution in [0.1, 0.15) is 35.1 Å². The third-order valence-corrected chi connectivity index (χ3v) is 4.74. The van der Waals surface area contributed by atoms with Gasteiger partial charge in [0.15, 0.2) is 18.1 Å². The number of nitro groups is 1. The lowest BCUT2D eigenvalue weighted by atomic mass is 10.1. The highest BCUT2D eigenvalue weighted by molar-refractivity contribution is 7.10. The second-order valence-corrected chi connectivity index (χ2v) is 6.57. The Morgan fingerprint density at radius 1 is 1.32 bits per heavy atom. The maximum atomic E-state index is 12.3. The lowest BCUT2D eigenvalue weighted by Crippen LogP contribution is -2.30. The van der Waals surface area contributed by atoms with E-state index in [1.165, 1.54) is 18.4 Å². The molecule has 0 saturated carbocycles. The van der Waals surface area contributed by atoms with E-state index in [-0.39, 0.29) is 29.7 Å². The quantitative estimate of drug-likeness (QED) is 0.385. The lowest BCUT2D eigenvalue weighted by molar-refractivity contribution is -0.385. The van der Waals surface area contributed by atoms with Gasteiger partial charge in [0, 0.05) is 10.9 Å². The second-order valence-electron chi connectivity index (χ2n) is 5.59. The first-order valence-electron chi connectivity index (χ1n) is 8.36. The molecule has 2 rings (SSSR count). The number of hydrogen-bond donors (Lipinski definition) is 1. The lowest BCUT2D eigenvalue weighted by Gasteiger charge is -2.13. The van der Waals surface area contributed by atoms with Crippen molar-refractivity contribution < 1.29 is 28.7 Å². The van der Waals surface area contributed by atoms with E-state index in [2.05, 4.69) is 5.32 Å². The van der Waals surface area contributed by atoms with Crippen LogP contribution in [0.25, 0.3) is 0 Å². The van der Waals surface area contributed by atoms with Crippen LogP contribution in [0.3, 0.4) is 0 Å². The summed E-state index contributed by atoms with van der Waals surface area (Å²) < 4.78 is 15.3. The Bertz CT molecular complexity index is 852. The van der Waals surface area contributed by atoms with Crippen molar-refractivity contribution in [2.75, 3.05) is 20.3 Å². The third kappa shape index (κ3) is 5.19. The molecule has 0 unspecified atom stereocenters. The average molecular weight is 408 g/mol. The predicted octanol–water partition coefficient (Wildman–Crippen LogP) is 3.10. The number of nitrogens with zero attached hydrogens (tertiary/aromatic N) is 1. The molecule has 1 atom stereocenters. The summed E-state index contributed by atoms with van der Waals surface area (Å²) in [4.78, 5) is 35.9. The molecule has 1 aromatic carbocycles. The fourth-order valence-corrected chi connectivity index (χ4v) is 3.13. The van der Waals surface area contributed by atoms with Crippen LogP contribution in [-0.4, -0.2) is 37.1 Å². The molecule has 0 radical (unpaired) electrons. The number of ether oxygens (including phenoxy) is 3. The minimum Gasteiger partial charge on any atom is -0.493 e. The average Bonchev–Trinajstić information content (AvgIpc) is 3.20. The monoisotopic (exact) mass is 408 g/mol. The molecule has 0 bridgehead atoms. The molecule has 1 N–H and O–H groups in total. The maximum Gasteiger partial charge on any atom is 0.345 e. The molecule has 2 aromatic rings. The zero-order valence-corrected chi connectivity index (χ0v) is 16.4. The summed E-state index contributed by atoms with van der Waals surface area (Å²) in [7, 11) is 1.35. The van der Waals surface area contributed by atoms with Crippen molar-refractivity contribution in [3.8, 4) is 11.5 Å². The van der Waals surface area contributed by atoms with E-state index in [0.29, 0.717) is 0 Å². The Kier molecular flexibility index (Phi) is 7.33. The van der Waals surface area contributed by atoms with Crippen LogP contribution in [0.4, 0.5) is 5.69 Å². The van der Waals surface area contributed by atoms with Crippen LogP contribution in [0.5, 0.6) is 11.5 Å². The summed E-state index contributed by atoms with van der Waals surface area (Å²) in [6.07, 6.45) is 0. The first-order chi connectivity index (χ1) is 13.4. The third-order valence-electron chi connectivity index (χ3n) is 3.68. The first-order valence-corrected chi connectivity index (χ1v) is 9.24. The Morgan fingerprint density at radius 3 is 2.64 bits per heavy atom.